The molecule has 4 nitrogen and oxygen atoms in total. The van der Waals surface area contributed by atoms with Crippen LogP contribution in [0, 0.1) is 25.5 Å². The lowest BCUT2D eigenvalue weighted by molar-refractivity contribution is -0.115. The molecule has 120 valence electrons. The van der Waals surface area contributed by atoms with Gasteiger partial charge in [-0.3, -0.25) is 9.59 Å². The van der Waals surface area contributed by atoms with Gasteiger partial charge in [-0.2, -0.15) is 0 Å². The van der Waals surface area contributed by atoms with Crippen LogP contribution in [0.25, 0.3) is 0 Å². The largest absolute Gasteiger partial charge is 0.343 e. The first-order chi connectivity index (χ1) is 10.8. The smallest absolute Gasteiger partial charge is 0.251 e. The van der Waals surface area contributed by atoms with Crippen LogP contribution in [0.2, 0.25) is 0 Å². The lowest BCUT2D eigenvalue weighted by atomic mass is 10.1. The van der Waals surface area contributed by atoms with Crippen molar-refractivity contribution in [2.75, 3.05) is 11.9 Å². The second kappa shape index (κ2) is 7.00. The zero-order valence-electron chi connectivity index (χ0n) is 12.7. The molecule has 2 aromatic rings. The van der Waals surface area contributed by atoms with Crippen molar-refractivity contribution < 1.29 is 18.4 Å². The molecule has 0 spiro atoms. The molecular weight excluding hydrogens is 302 g/mol. The molecule has 0 aliphatic carbocycles. The van der Waals surface area contributed by atoms with Gasteiger partial charge in [-0.05, 0) is 38.1 Å². The van der Waals surface area contributed by atoms with Crippen LogP contribution in [0.1, 0.15) is 21.5 Å². The maximum atomic E-state index is 13.0. The highest BCUT2D eigenvalue weighted by Crippen LogP contribution is 2.13. The molecule has 0 radical (unpaired) electrons. The van der Waals surface area contributed by atoms with Crippen molar-refractivity contribution in [3.8, 4) is 0 Å². The summed E-state index contributed by atoms with van der Waals surface area (Å²) in [6, 6.07) is 8.40. The summed E-state index contributed by atoms with van der Waals surface area (Å²) in [5, 5.41) is 4.86. The van der Waals surface area contributed by atoms with Gasteiger partial charge >= 0.3 is 0 Å². The monoisotopic (exact) mass is 318 g/mol. The standard InChI is InChI=1S/C17H16F2N2O2/c1-10-5-11(2)7-12(6-10)17(23)20-9-16(22)21-13-3-4-14(18)15(19)8-13/h3-8H,9H2,1-2H3,(H,20,23)(H,21,22). The van der Waals surface area contributed by atoms with Crippen molar-refractivity contribution >= 4 is 17.5 Å². The summed E-state index contributed by atoms with van der Waals surface area (Å²) in [6.07, 6.45) is 0. The van der Waals surface area contributed by atoms with E-state index in [1.54, 1.807) is 12.1 Å². The van der Waals surface area contributed by atoms with Gasteiger partial charge in [0.1, 0.15) is 0 Å². The second-order valence-electron chi connectivity index (χ2n) is 5.24. The zero-order valence-corrected chi connectivity index (χ0v) is 12.7. The van der Waals surface area contributed by atoms with Crippen molar-refractivity contribution in [2.24, 2.45) is 0 Å². The molecule has 0 aliphatic rings. The van der Waals surface area contributed by atoms with Crippen LogP contribution in [-0.2, 0) is 4.79 Å². The Hall–Kier alpha value is -2.76. The Morgan fingerprint density at radius 1 is 0.957 bits per heavy atom. The van der Waals surface area contributed by atoms with Gasteiger partial charge in [0.25, 0.3) is 5.91 Å². The Bertz CT molecular complexity index is 740. The Kier molecular flexibility index (Phi) is 5.05. The van der Waals surface area contributed by atoms with Crippen LogP contribution >= 0.6 is 0 Å². The summed E-state index contributed by atoms with van der Waals surface area (Å²) in [5.41, 5.74) is 2.47. The minimum Gasteiger partial charge on any atom is -0.343 e. The van der Waals surface area contributed by atoms with Crippen LogP contribution < -0.4 is 10.6 Å². The Morgan fingerprint density at radius 2 is 1.61 bits per heavy atom. The van der Waals surface area contributed by atoms with E-state index in [1.807, 2.05) is 19.9 Å². The minimum absolute atomic E-state index is 0.120. The molecule has 0 heterocycles. The molecule has 0 bridgehead atoms. The molecule has 2 aromatic carbocycles. The molecule has 2 amide bonds. The van der Waals surface area contributed by atoms with Gasteiger partial charge in [-0.25, -0.2) is 8.78 Å². The third kappa shape index (κ3) is 4.60. The van der Waals surface area contributed by atoms with Crippen molar-refractivity contribution in [1.82, 2.24) is 5.32 Å². The Labute approximate surface area is 132 Å². The normalized spacial score (nSPS) is 10.3. The molecule has 0 saturated heterocycles. The van der Waals surface area contributed by atoms with Gasteiger partial charge in [-0.15, -0.1) is 0 Å². The number of carbonyl (C=O) groups excluding carboxylic acids is 2. The number of anilines is 1. The molecule has 0 unspecified atom stereocenters. The fourth-order valence-corrected chi connectivity index (χ4v) is 2.15. The first-order valence-corrected chi connectivity index (χ1v) is 6.96. The summed E-state index contributed by atoms with van der Waals surface area (Å²) in [5.74, 6) is -2.96. The van der Waals surface area contributed by atoms with Gasteiger partial charge in [0.2, 0.25) is 5.91 Å². The molecule has 0 saturated carbocycles. The van der Waals surface area contributed by atoms with Crippen molar-refractivity contribution in [3.63, 3.8) is 0 Å². The molecule has 0 aliphatic heterocycles. The van der Waals surface area contributed by atoms with Crippen LogP contribution in [-0.4, -0.2) is 18.4 Å². The van der Waals surface area contributed by atoms with E-state index in [2.05, 4.69) is 10.6 Å². The highest BCUT2D eigenvalue weighted by molar-refractivity contribution is 5.99. The second-order valence-corrected chi connectivity index (χ2v) is 5.24. The average Bonchev–Trinajstić information content (AvgIpc) is 2.47. The predicted octanol–water partition coefficient (Wildman–Crippen LogP) is 2.95. The number of aryl methyl sites for hydroxylation is 2. The van der Waals surface area contributed by atoms with Gasteiger partial charge in [0.05, 0.1) is 6.54 Å². The molecule has 6 heteroatoms. The number of hydrogen-bond acceptors (Lipinski definition) is 2. The Morgan fingerprint density at radius 3 is 2.22 bits per heavy atom. The number of amides is 2. The average molecular weight is 318 g/mol. The molecule has 0 aromatic heterocycles. The summed E-state index contributed by atoms with van der Waals surface area (Å²) in [6.45, 7) is 3.48. The van der Waals surface area contributed by atoms with E-state index in [0.717, 1.165) is 23.3 Å². The lowest BCUT2D eigenvalue weighted by Gasteiger charge is -2.08. The molecular formula is C17H16F2N2O2. The van der Waals surface area contributed by atoms with E-state index < -0.39 is 17.5 Å². The molecule has 0 atom stereocenters. The van der Waals surface area contributed by atoms with Crippen LogP contribution in [0.4, 0.5) is 14.5 Å². The van der Waals surface area contributed by atoms with E-state index in [9.17, 15) is 18.4 Å². The number of hydrogen-bond donors (Lipinski definition) is 2. The van der Waals surface area contributed by atoms with E-state index in [1.165, 1.54) is 6.07 Å². The first-order valence-electron chi connectivity index (χ1n) is 6.96. The number of benzene rings is 2. The number of rotatable bonds is 4. The summed E-state index contributed by atoms with van der Waals surface area (Å²) in [7, 11) is 0. The fourth-order valence-electron chi connectivity index (χ4n) is 2.15. The van der Waals surface area contributed by atoms with E-state index in [-0.39, 0.29) is 18.1 Å². The van der Waals surface area contributed by atoms with Crippen LogP contribution in [0.15, 0.2) is 36.4 Å². The summed E-state index contributed by atoms with van der Waals surface area (Å²) in [4.78, 5) is 23.7. The van der Waals surface area contributed by atoms with Gasteiger partial charge in [0, 0.05) is 17.3 Å². The number of nitrogens with one attached hydrogen (secondary N) is 2. The molecule has 23 heavy (non-hydrogen) atoms. The molecule has 2 N–H and O–H groups in total. The third-order valence-electron chi connectivity index (χ3n) is 3.10. The van der Waals surface area contributed by atoms with Crippen LogP contribution in [0.3, 0.4) is 0 Å². The maximum Gasteiger partial charge on any atom is 0.251 e. The maximum absolute atomic E-state index is 13.0. The zero-order chi connectivity index (χ0) is 17.0. The van der Waals surface area contributed by atoms with Gasteiger partial charge in [0.15, 0.2) is 11.6 Å². The Balaban J connectivity index is 1.93. The van der Waals surface area contributed by atoms with Crippen LogP contribution in [0.5, 0.6) is 0 Å². The molecule has 2 rings (SSSR count). The summed E-state index contributed by atoms with van der Waals surface area (Å²) < 4.78 is 25.8. The summed E-state index contributed by atoms with van der Waals surface area (Å²) >= 11 is 0. The van der Waals surface area contributed by atoms with Gasteiger partial charge in [-0.1, -0.05) is 17.2 Å². The topological polar surface area (TPSA) is 58.2 Å². The van der Waals surface area contributed by atoms with E-state index >= 15 is 0 Å². The lowest BCUT2D eigenvalue weighted by Crippen LogP contribution is -2.32. The van der Waals surface area contributed by atoms with Crippen molar-refractivity contribution in [1.29, 1.82) is 0 Å². The van der Waals surface area contributed by atoms with Crippen molar-refractivity contribution in [3.05, 3.63) is 64.7 Å². The third-order valence-corrected chi connectivity index (χ3v) is 3.10. The SMILES string of the molecule is Cc1cc(C)cc(C(=O)NCC(=O)Nc2ccc(F)c(F)c2)c1. The first kappa shape index (κ1) is 16.6. The number of halogens is 2. The van der Waals surface area contributed by atoms with E-state index in [0.29, 0.717) is 5.56 Å². The molecule has 0 fully saturated rings. The van der Waals surface area contributed by atoms with Gasteiger partial charge < -0.3 is 10.6 Å². The highest BCUT2D eigenvalue weighted by atomic mass is 19.2. The highest BCUT2D eigenvalue weighted by Gasteiger charge is 2.10. The number of carbonyl (C=O) groups is 2. The minimum atomic E-state index is -1.05. The quantitative estimate of drug-likeness (QED) is 0.910. The van der Waals surface area contributed by atoms with Crippen molar-refractivity contribution in [2.45, 2.75) is 13.8 Å². The fraction of sp³-hybridized carbons (Fsp3) is 0.176. The predicted molar refractivity (Wildman–Crippen MR) is 83.2 cm³/mol. The van der Waals surface area contributed by atoms with E-state index in [4.69, 9.17) is 0 Å².